The van der Waals surface area contributed by atoms with E-state index >= 15 is 0 Å². The van der Waals surface area contributed by atoms with Gasteiger partial charge in [-0.3, -0.25) is 14.4 Å². The monoisotopic (exact) mass is 750 g/mol. The Hall–Kier alpha value is -4.02. The molecule has 11 nitrogen and oxygen atoms in total. The maximum absolute atomic E-state index is 14.3. The van der Waals surface area contributed by atoms with Crippen LogP contribution in [0.5, 0.6) is 6.01 Å². The Morgan fingerprint density at radius 3 is 2.71 bits per heavy atom. The summed E-state index contributed by atoms with van der Waals surface area (Å²) in [4.78, 5) is 28.2. The number of halogens is 6. The van der Waals surface area contributed by atoms with Crippen LogP contribution in [-0.4, -0.2) is 81.3 Å². The van der Waals surface area contributed by atoms with E-state index in [1.165, 1.54) is 11.0 Å². The fourth-order valence-electron chi connectivity index (χ4n) is 8.25. The number of benzene rings is 1. The first-order valence-electron chi connectivity index (χ1n) is 17.2. The van der Waals surface area contributed by atoms with Crippen molar-refractivity contribution < 1.29 is 36.2 Å². The van der Waals surface area contributed by atoms with Crippen molar-refractivity contribution in [3.63, 3.8) is 0 Å². The van der Waals surface area contributed by atoms with Gasteiger partial charge < -0.3 is 25.0 Å². The van der Waals surface area contributed by atoms with Crippen LogP contribution in [0, 0.1) is 12.8 Å². The van der Waals surface area contributed by atoms with Gasteiger partial charge in [-0.05, 0) is 68.8 Å². The number of nitrogens with zero attached hydrogens (tertiary/aromatic N) is 7. The lowest BCUT2D eigenvalue weighted by Gasteiger charge is -2.33. The highest BCUT2D eigenvalue weighted by molar-refractivity contribution is 6.31. The zero-order valence-electron chi connectivity index (χ0n) is 29.1. The van der Waals surface area contributed by atoms with E-state index in [-0.39, 0.29) is 48.7 Å². The molecule has 1 amide bonds. The third-order valence-corrected chi connectivity index (χ3v) is 11.0. The third kappa shape index (κ3) is 6.80. The number of fused-ring (bicyclic) bond motifs is 3. The summed E-state index contributed by atoms with van der Waals surface area (Å²) in [6.07, 6.45) is -3.75. The van der Waals surface area contributed by atoms with E-state index in [0.717, 1.165) is 42.8 Å². The Morgan fingerprint density at radius 1 is 1.19 bits per heavy atom. The summed E-state index contributed by atoms with van der Waals surface area (Å²) in [6, 6.07) is 2.33. The number of carbonyl (C=O) groups excluding carboxylic acids is 1. The standard InChI is InChI=1S/C35H40ClF5N8O3/c1-19-26-16-47(7-5-9-49(26)45-30(19)32(50)46(2)3)31-23-17-51-27(22-11-21(42)12-24(36)29(22)35(39,40)41)13-25(23)43-33(44-31)52-18-34-6-4-8-48(34)15-20(14-34)10-28(37)38/h10-12,20,27H,4-9,13-18,42H2,1-3H3/t20-,27-,34+/m0/s1. The summed E-state index contributed by atoms with van der Waals surface area (Å²) >= 11 is 6.10. The van der Waals surface area contributed by atoms with Crippen molar-refractivity contribution in [2.75, 3.05) is 51.0 Å². The van der Waals surface area contributed by atoms with Gasteiger partial charge in [0.05, 0.1) is 46.8 Å². The summed E-state index contributed by atoms with van der Waals surface area (Å²) in [5, 5.41) is 4.10. The number of carbonyl (C=O) groups is 1. The van der Waals surface area contributed by atoms with Gasteiger partial charge in [0, 0.05) is 57.0 Å². The number of nitrogens with two attached hydrogens (primary N) is 1. The smallest absolute Gasteiger partial charge is 0.418 e. The van der Waals surface area contributed by atoms with Crippen molar-refractivity contribution in [2.45, 2.75) is 76.5 Å². The minimum atomic E-state index is -4.76. The van der Waals surface area contributed by atoms with Gasteiger partial charge in [-0.25, -0.2) is 0 Å². The molecule has 0 spiro atoms. The highest BCUT2D eigenvalue weighted by Crippen LogP contribution is 2.46. The lowest BCUT2D eigenvalue weighted by Crippen LogP contribution is -2.43. The summed E-state index contributed by atoms with van der Waals surface area (Å²) in [5.41, 5.74) is 7.35. The van der Waals surface area contributed by atoms with Crippen molar-refractivity contribution in [3.8, 4) is 6.01 Å². The molecule has 0 unspecified atom stereocenters. The van der Waals surface area contributed by atoms with E-state index in [2.05, 4.69) is 10.00 Å². The summed E-state index contributed by atoms with van der Waals surface area (Å²) in [5.74, 6) is -0.0188. The zero-order chi connectivity index (χ0) is 37.1. The molecule has 3 atom stereocenters. The van der Waals surface area contributed by atoms with E-state index in [0.29, 0.717) is 61.8 Å². The van der Waals surface area contributed by atoms with E-state index in [4.69, 9.17) is 36.8 Å². The molecule has 7 rings (SSSR count). The number of alkyl halides is 3. The van der Waals surface area contributed by atoms with Crippen LogP contribution in [0.4, 0.5) is 33.5 Å². The minimum absolute atomic E-state index is 0.0332. The molecular formula is C35H40ClF5N8O3. The molecule has 2 fully saturated rings. The molecule has 2 saturated heterocycles. The number of aromatic nitrogens is 4. The van der Waals surface area contributed by atoms with Crippen molar-refractivity contribution in [1.29, 1.82) is 0 Å². The number of nitrogen functional groups attached to an aromatic ring is 1. The van der Waals surface area contributed by atoms with E-state index in [1.54, 1.807) is 14.1 Å². The van der Waals surface area contributed by atoms with E-state index in [9.17, 15) is 26.7 Å². The molecule has 0 radical (unpaired) electrons. The van der Waals surface area contributed by atoms with Crippen molar-refractivity contribution >= 4 is 29.0 Å². The van der Waals surface area contributed by atoms with Gasteiger partial charge in [-0.15, -0.1) is 0 Å². The number of amides is 1. The van der Waals surface area contributed by atoms with Crippen LogP contribution in [0.25, 0.3) is 0 Å². The van der Waals surface area contributed by atoms with Crippen LogP contribution in [0.1, 0.15) is 75.9 Å². The van der Waals surface area contributed by atoms with E-state index < -0.39 is 34.5 Å². The first-order chi connectivity index (χ1) is 24.6. The van der Waals surface area contributed by atoms with Crippen LogP contribution in [-0.2, 0) is 37.0 Å². The average Bonchev–Trinajstić information content (AvgIpc) is 3.64. The van der Waals surface area contributed by atoms with Crippen molar-refractivity contribution in [1.82, 2.24) is 29.5 Å². The highest BCUT2D eigenvalue weighted by Gasteiger charge is 2.49. The maximum Gasteiger partial charge on any atom is 0.418 e. The van der Waals surface area contributed by atoms with E-state index in [1.807, 2.05) is 16.5 Å². The molecular weight excluding hydrogens is 711 g/mol. The minimum Gasteiger partial charge on any atom is -0.461 e. The number of hydrogen-bond donors (Lipinski definition) is 1. The number of hydrogen-bond acceptors (Lipinski definition) is 9. The molecule has 3 aromatic rings. The molecule has 4 aliphatic heterocycles. The van der Waals surface area contributed by atoms with Gasteiger partial charge >= 0.3 is 12.2 Å². The molecule has 2 aromatic heterocycles. The second-order valence-electron chi connectivity index (χ2n) is 14.3. The van der Waals surface area contributed by atoms with Gasteiger partial charge in [0.15, 0.2) is 5.69 Å². The molecule has 6 heterocycles. The van der Waals surface area contributed by atoms with Gasteiger partial charge in [0.2, 0.25) is 0 Å². The first-order valence-corrected chi connectivity index (χ1v) is 17.6. The van der Waals surface area contributed by atoms with Gasteiger partial charge in [0.25, 0.3) is 12.0 Å². The lowest BCUT2D eigenvalue weighted by atomic mass is 9.91. The fourth-order valence-corrected chi connectivity index (χ4v) is 8.60. The molecule has 0 saturated carbocycles. The number of aryl methyl sites for hydroxylation is 1. The Balaban J connectivity index is 1.26. The average molecular weight is 751 g/mol. The fraction of sp³-hybridized carbons (Fsp3) is 0.543. The molecule has 52 heavy (non-hydrogen) atoms. The molecule has 0 bridgehead atoms. The predicted molar refractivity (Wildman–Crippen MR) is 182 cm³/mol. The van der Waals surface area contributed by atoms with Crippen LogP contribution >= 0.6 is 11.6 Å². The van der Waals surface area contributed by atoms with Crippen LogP contribution < -0.4 is 15.4 Å². The van der Waals surface area contributed by atoms with Crippen LogP contribution in [0.3, 0.4) is 0 Å². The van der Waals surface area contributed by atoms with Gasteiger partial charge in [-0.1, -0.05) is 11.6 Å². The largest absolute Gasteiger partial charge is 0.461 e. The number of rotatable bonds is 7. The summed E-state index contributed by atoms with van der Waals surface area (Å²) in [6.45, 7) is 4.64. The molecule has 4 aliphatic rings. The number of ether oxygens (including phenoxy) is 2. The predicted octanol–water partition coefficient (Wildman–Crippen LogP) is 6.18. The maximum atomic E-state index is 14.3. The quantitative estimate of drug-likeness (QED) is 0.224. The Morgan fingerprint density at radius 2 is 1.98 bits per heavy atom. The van der Waals surface area contributed by atoms with Crippen LogP contribution in [0.2, 0.25) is 5.02 Å². The Labute approximate surface area is 302 Å². The Bertz CT molecular complexity index is 1920. The van der Waals surface area contributed by atoms with Crippen molar-refractivity contribution in [3.05, 3.63) is 68.6 Å². The molecule has 0 aliphatic carbocycles. The number of anilines is 2. The molecule has 2 N–H and O–H groups in total. The highest BCUT2D eigenvalue weighted by atomic mass is 35.5. The summed E-state index contributed by atoms with van der Waals surface area (Å²) in [7, 11) is 3.34. The van der Waals surface area contributed by atoms with Gasteiger partial charge in [-0.2, -0.15) is 37.0 Å². The van der Waals surface area contributed by atoms with Crippen molar-refractivity contribution in [2.24, 2.45) is 5.92 Å². The second kappa shape index (κ2) is 13.8. The lowest BCUT2D eigenvalue weighted by molar-refractivity contribution is -0.139. The SMILES string of the molecule is Cc1c(C(=O)N(C)C)nn2c1CN(c1nc(OC[C@]34CCCN3C[C@@H](C=C(F)F)C4)nc3c1CO[C@H](c1cc(N)cc(Cl)c1C(F)(F)F)C3)CCC2. The molecule has 17 heteroatoms. The van der Waals surface area contributed by atoms with Crippen LogP contribution in [0.15, 0.2) is 24.3 Å². The molecule has 1 aromatic carbocycles. The van der Waals surface area contributed by atoms with Gasteiger partial charge in [0.1, 0.15) is 12.4 Å². The third-order valence-electron chi connectivity index (χ3n) is 10.7. The second-order valence-corrected chi connectivity index (χ2v) is 14.7. The first kappa shape index (κ1) is 36.3. The molecule has 280 valence electrons. The normalized spacial score (nSPS) is 23.1. The summed E-state index contributed by atoms with van der Waals surface area (Å²) < 4.78 is 83.6. The topological polar surface area (TPSA) is 115 Å². The Kier molecular flexibility index (Phi) is 9.61. The zero-order valence-corrected chi connectivity index (χ0v) is 29.8.